The van der Waals surface area contributed by atoms with Gasteiger partial charge in [-0.25, -0.2) is 0 Å². The van der Waals surface area contributed by atoms with E-state index in [4.69, 9.17) is 4.74 Å². The molecule has 2 heterocycles. The van der Waals surface area contributed by atoms with E-state index >= 15 is 0 Å². The Balaban J connectivity index is 2.06. The fraction of sp³-hybridized carbons (Fsp3) is 0.643. The molecule has 1 aromatic heterocycles. The maximum atomic E-state index is 12.5. The standard InChI is InChI=1S/C14H22N2O2S/c1-11-4-7-19-13(11)14(17)16-5-6-18-10-12(9-16)8-15(2)3/h4,7,12H,5-6,8-10H2,1-3H3. The van der Waals surface area contributed by atoms with Gasteiger partial charge in [-0.1, -0.05) is 0 Å². The predicted molar refractivity (Wildman–Crippen MR) is 77.8 cm³/mol. The van der Waals surface area contributed by atoms with Crippen molar-refractivity contribution in [1.82, 2.24) is 9.80 Å². The van der Waals surface area contributed by atoms with Crippen molar-refractivity contribution in [2.24, 2.45) is 5.92 Å². The number of thiophene rings is 1. The van der Waals surface area contributed by atoms with E-state index in [0.717, 1.165) is 30.1 Å². The largest absolute Gasteiger partial charge is 0.379 e. The van der Waals surface area contributed by atoms with Gasteiger partial charge in [0.1, 0.15) is 0 Å². The minimum Gasteiger partial charge on any atom is -0.379 e. The Morgan fingerprint density at radius 2 is 2.37 bits per heavy atom. The highest BCUT2D eigenvalue weighted by molar-refractivity contribution is 7.12. The molecule has 1 aromatic rings. The van der Waals surface area contributed by atoms with Crippen LogP contribution in [0.15, 0.2) is 11.4 Å². The molecule has 1 unspecified atom stereocenters. The van der Waals surface area contributed by atoms with E-state index in [2.05, 4.69) is 19.0 Å². The van der Waals surface area contributed by atoms with Crippen LogP contribution in [-0.4, -0.2) is 62.7 Å². The number of nitrogens with zero attached hydrogens (tertiary/aromatic N) is 2. The molecule has 5 heteroatoms. The van der Waals surface area contributed by atoms with Crippen LogP contribution in [0.1, 0.15) is 15.2 Å². The van der Waals surface area contributed by atoms with E-state index in [1.807, 2.05) is 23.3 Å². The summed E-state index contributed by atoms with van der Waals surface area (Å²) in [4.78, 5) is 17.5. The van der Waals surface area contributed by atoms with Gasteiger partial charge in [-0.2, -0.15) is 0 Å². The summed E-state index contributed by atoms with van der Waals surface area (Å²) in [5.41, 5.74) is 1.07. The third-order valence-electron chi connectivity index (χ3n) is 3.30. The lowest BCUT2D eigenvalue weighted by Crippen LogP contribution is -2.38. The van der Waals surface area contributed by atoms with Crippen LogP contribution < -0.4 is 0 Å². The molecule has 1 aliphatic rings. The topological polar surface area (TPSA) is 32.8 Å². The van der Waals surface area contributed by atoms with Crippen molar-refractivity contribution in [3.05, 3.63) is 21.9 Å². The fourth-order valence-electron chi connectivity index (χ4n) is 2.43. The van der Waals surface area contributed by atoms with E-state index in [0.29, 0.717) is 19.1 Å². The van der Waals surface area contributed by atoms with Gasteiger partial charge in [-0.15, -0.1) is 11.3 Å². The van der Waals surface area contributed by atoms with E-state index in [1.165, 1.54) is 11.3 Å². The molecule has 1 saturated heterocycles. The minimum atomic E-state index is 0.154. The molecule has 0 N–H and O–H groups in total. The molecule has 106 valence electrons. The summed E-state index contributed by atoms with van der Waals surface area (Å²) in [6.07, 6.45) is 0. The van der Waals surface area contributed by atoms with Crippen LogP contribution in [0, 0.1) is 12.8 Å². The number of hydrogen-bond acceptors (Lipinski definition) is 4. The molecule has 1 aliphatic heterocycles. The molecule has 1 fully saturated rings. The van der Waals surface area contributed by atoms with Gasteiger partial charge in [0, 0.05) is 25.6 Å². The van der Waals surface area contributed by atoms with Crippen LogP contribution in [0.3, 0.4) is 0 Å². The Morgan fingerprint density at radius 1 is 1.58 bits per heavy atom. The van der Waals surface area contributed by atoms with Gasteiger partial charge in [0.05, 0.1) is 18.1 Å². The van der Waals surface area contributed by atoms with Gasteiger partial charge >= 0.3 is 0 Å². The fourth-order valence-corrected chi connectivity index (χ4v) is 3.32. The molecule has 4 nitrogen and oxygen atoms in total. The van der Waals surface area contributed by atoms with Crippen LogP contribution >= 0.6 is 11.3 Å². The zero-order chi connectivity index (χ0) is 13.8. The van der Waals surface area contributed by atoms with Crippen molar-refractivity contribution in [3.63, 3.8) is 0 Å². The molecule has 2 rings (SSSR count). The third kappa shape index (κ3) is 3.78. The predicted octanol–water partition coefficient (Wildman–Crippen LogP) is 1.71. The van der Waals surface area contributed by atoms with E-state index < -0.39 is 0 Å². The van der Waals surface area contributed by atoms with Crippen LogP contribution in [0.2, 0.25) is 0 Å². The maximum Gasteiger partial charge on any atom is 0.264 e. The molecule has 0 bridgehead atoms. The Kier molecular flexibility index (Phi) is 4.96. The minimum absolute atomic E-state index is 0.154. The van der Waals surface area contributed by atoms with E-state index in [9.17, 15) is 4.79 Å². The molecule has 0 aromatic carbocycles. The van der Waals surface area contributed by atoms with Crippen molar-refractivity contribution in [2.75, 3.05) is 46.9 Å². The number of aryl methyl sites for hydroxylation is 1. The van der Waals surface area contributed by atoms with Crippen LogP contribution in [0.5, 0.6) is 0 Å². The SMILES string of the molecule is Cc1ccsc1C(=O)N1CCOCC(CN(C)C)C1. The summed E-state index contributed by atoms with van der Waals surface area (Å²) in [6, 6.07) is 2.00. The van der Waals surface area contributed by atoms with Crippen LogP contribution in [0.4, 0.5) is 0 Å². The molecule has 1 atom stereocenters. The Labute approximate surface area is 119 Å². The molecule has 0 saturated carbocycles. The number of carbonyl (C=O) groups excluding carboxylic acids is 1. The summed E-state index contributed by atoms with van der Waals surface area (Å²) in [6.45, 7) is 5.81. The molecular formula is C14H22N2O2S. The number of amides is 1. The van der Waals surface area contributed by atoms with E-state index in [-0.39, 0.29) is 5.91 Å². The lowest BCUT2D eigenvalue weighted by Gasteiger charge is -2.25. The van der Waals surface area contributed by atoms with Gasteiger partial charge in [-0.3, -0.25) is 4.79 Å². The highest BCUT2D eigenvalue weighted by atomic mass is 32.1. The molecule has 19 heavy (non-hydrogen) atoms. The number of hydrogen-bond donors (Lipinski definition) is 0. The molecule has 0 aliphatic carbocycles. The molecule has 0 spiro atoms. The molecule has 1 amide bonds. The molecular weight excluding hydrogens is 260 g/mol. The van der Waals surface area contributed by atoms with Crippen molar-refractivity contribution < 1.29 is 9.53 Å². The third-order valence-corrected chi connectivity index (χ3v) is 4.31. The lowest BCUT2D eigenvalue weighted by molar-refractivity contribution is 0.0739. The normalized spacial score (nSPS) is 20.6. The highest BCUT2D eigenvalue weighted by Crippen LogP contribution is 2.19. The summed E-state index contributed by atoms with van der Waals surface area (Å²) in [5, 5.41) is 1.98. The first-order chi connectivity index (χ1) is 9.08. The van der Waals surface area contributed by atoms with Crippen molar-refractivity contribution in [1.29, 1.82) is 0 Å². The average Bonchev–Trinajstić information content (AvgIpc) is 2.63. The quantitative estimate of drug-likeness (QED) is 0.846. The zero-order valence-corrected chi connectivity index (χ0v) is 12.7. The van der Waals surface area contributed by atoms with Gasteiger partial charge < -0.3 is 14.5 Å². The van der Waals surface area contributed by atoms with Crippen molar-refractivity contribution >= 4 is 17.2 Å². The van der Waals surface area contributed by atoms with Crippen LogP contribution in [0.25, 0.3) is 0 Å². The van der Waals surface area contributed by atoms with Gasteiger partial charge in [0.2, 0.25) is 0 Å². The first-order valence-electron chi connectivity index (χ1n) is 6.63. The number of ether oxygens (including phenoxy) is 1. The smallest absolute Gasteiger partial charge is 0.264 e. The second-order valence-corrected chi connectivity index (χ2v) is 6.30. The van der Waals surface area contributed by atoms with Gasteiger partial charge in [-0.05, 0) is 38.0 Å². The maximum absolute atomic E-state index is 12.5. The monoisotopic (exact) mass is 282 g/mol. The average molecular weight is 282 g/mol. The lowest BCUT2D eigenvalue weighted by atomic mass is 10.1. The zero-order valence-electron chi connectivity index (χ0n) is 11.9. The summed E-state index contributed by atoms with van der Waals surface area (Å²) >= 11 is 1.53. The number of rotatable bonds is 3. The summed E-state index contributed by atoms with van der Waals surface area (Å²) < 4.78 is 5.62. The van der Waals surface area contributed by atoms with E-state index in [1.54, 1.807) is 0 Å². The highest BCUT2D eigenvalue weighted by Gasteiger charge is 2.25. The number of carbonyl (C=O) groups is 1. The van der Waals surface area contributed by atoms with Crippen molar-refractivity contribution in [3.8, 4) is 0 Å². The molecule has 0 radical (unpaired) electrons. The second-order valence-electron chi connectivity index (χ2n) is 5.39. The summed E-state index contributed by atoms with van der Waals surface area (Å²) in [5.74, 6) is 0.545. The Bertz CT molecular complexity index is 431. The first-order valence-corrected chi connectivity index (χ1v) is 7.51. The Hall–Kier alpha value is -0.910. The van der Waals surface area contributed by atoms with Gasteiger partial charge in [0.25, 0.3) is 5.91 Å². The van der Waals surface area contributed by atoms with Crippen molar-refractivity contribution in [2.45, 2.75) is 6.92 Å². The first kappa shape index (κ1) is 14.5. The van der Waals surface area contributed by atoms with Crippen LogP contribution in [-0.2, 0) is 4.74 Å². The van der Waals surface area contributed by atoms with Gasteiger partial charge in [0.15, 0.2) is 0 Å². The Morgan fingerprint density at radius 3 is 3.00 bits per heavy atom. The second kappa shape index (κ2) is 6.50. The summed E-state index contributed by atoms with van der Waals surface area (Å²) in [7, 11) is 4.11.